The first-order chi connectivity index (χ1) is 15.3. The number of nitro benzene ring substituents is 1. The molecule has 0 saturated carbocycles. The maximum atomic E-state index is 13.5. The molecule has 8 nitrogen and oxygen atoms in total. The van der Waals surface area contributed by atoms with Crippen molar-refractivity contribution >= 4 is 28.4 Å². The first kappa shape index (κ1) is 20.2. The molecule has 1 fully saturated rings. The number of hydrogen-bond acceptors (Lipinski definition) is 4. The highest BCUT2D eigenvalue weighted by molar-refractivity contribution is 5.97. The number of nitrogens with one attached hydrogen (secondary N) is 1. The summed E-state index contributed by atoms with van der Waals surface area (Å²) in [5.74, 6) is 0.0406. The predicted molar refractivity (Wildman–Crippen MR) is 119 cm³/mol. The van der Waals surface area contributed by atoms with Gasteiger partial charge in [-0.1, -0.05) is 44.2 Å². The minimum absolute atomic E-state index is 0.0223. The lowest BCUT2D eigenvalue weighted by atomic mass is 9.86. The van der Waals surface area contributed by atoms with Crippen molar-refractivity contribution in [1.29, 1.82) is 0 Å². The molecule has 2 amide bonds. The monoisotopic (exact) mass is 432 g/mol. The van der Waals surface area contributed by atoms with Crippen LogP contribution in [-0.4, -0.2) is 50.7 Å². The van der Waals surface area contributed by atoms with Gasteiger partial charge in [0.25, 0.3) is 5.69 Å². The van der Waals surface area contributed by atoms with Gasteiger partial charge in [-0.15, -0.1) is 0 Å². The normalized spacial score (nSPS) is 20.6. The lowest BCUT2D eigenvalue weighted by Crippen LogP contribution is -2.63. The number of carbonyl (C=O) groups excluding carboxylic acids is 2. The average molecular weight is 432 g/mol. The molecule has 164 valence electrons. The Morgan fingerprint density at radius 1 is 1.16 bits per heavy atom. The van der Waals surface area contributed by atoms with E-state index in [1.54, 1.807) is 21.9 Å². The topological polar surface area (TPSA) is 99.5 Å². The van der Waals surface area contributed by atoms with E-state index in [-0.39, 0.29) is 30.0 Å². The molecule has 2 aliphatic heterocycles. The average Bonchev–Trinajstić information content (AvgIpc) is 3.14. The van der Waals surface area contributed by atoms with Crippen molar-refractivity contribution in [3.05, 3.63) is 75.5 Å². The van der Waals surface area contributed by atoms with E-state index < -0.39 is 17.0 Å². The summed E-state index contributed by atoms with van der Waals surface area (Å²) in [7, 11) is 0. The van der Waals surface area contributed by atoms with Gasteiger partial charge < -0.3 is 14.8 Å². The van der Waals surface area contributed by atoms with Crippen LogP contribution in [0.1, 0.15) is 36.7 Å². The van der Waals surface area contributed by atoms with Crippen LogP contribution in [0.15, 0.2) is 48.5 Å². The van der Waals surface area contributed by atoms with Crippen LogP contribution in [0.2, 0.25) is 0 Å². The fourth-order valence-corrected chi connectivity index (χ4v) is 5.07. The molecule has 5 rings (SSSR count). The standard InChI is InChI=1S/C24H24N4O4/c1-14(2)12-26-13-21(29)27-20(24(26)30)11-18-17-8-3-4-9-19(17)25-22(18)23(27)15-6-5-7-16(10-15)28(31)32/h3-10,14,20,23,25H,11-13H2,1-2H3/t20-,23?/m1/s1. The van der Waals surface area contributed by atoms with Gasteiger partial charge in [-0.25, -0.2) is 0 Å². The smallest absolute Gasteiger partial charge is 0.269 e. The third-order valence-corrected chi connectivity index (χ3v) is 6.32. The number of piperazine rings is 1. The van der Waals surface area contributed by atoms with Crippen LogP contribution in [0, 0.1) is 16.0 Å². The number of nitrogens with zero attached hydrogens (tertiary/aromatic N) is 3. The number of carbonyl (C=O) groups is 2. The van der Waals surface area contributed by atoms with Gasteiger partial charge in [0.2, 0.25) is 11.8 Å². The third kappa shape index (κ3) is 3.14. The summed E-state index contributed by atoms with van der Waals surface area (Å²) in [6.07, 6.45) is 0.421. The Kier molecular flexibility index (Phi) is 4.73. The Hall–Kier alpha value is -3.68. The second-order valence-electron chi connectivity index (χ2n) is 8.95. The van der Waals surface area contributed by atoms with Crippen molar-refractivity contribution in [1.82, 2.24) is 14.8 Å². The molecule has 32 heavy (non-hydrogen) atoms. The number of benzene rings is 2. The summed E-state index contributed by atoms with van der Waals surface area (Å²) in [5, 5.41) is 12.4. The van der Waals surface area contributed by atoms with Crippen molar-refractivity contribution in [3.63, 3.8) is 0 Å². The zero-order valence-corrected chi connectivity index (χ0v) is 17.9. The summed E-state index contributed by atoms with van der Waals surface area (Å²) in [4.78, 5) is 44.6. The van der Waals surface area contributed by atoms with E-state index in [0.29, 0.717) is 18.5 Å². The Labute approximate surface area is 185 Å². The van der Waals surface area contributed by atoms with E-state index in [2.05, 4.69) is 4.98 Å². The number of fused-ring (bicyclic) bond motifs is 4. The first-order valence-corrected chi connectivity index (χ1v) is 10.8. The fourth-order valence-electron chi connectivity index (χ4n) is 5.07. The highest BCUT2D eigenvalue weighted by Crippen LogP contribution is 2.43. The molecule has 1 unspecified atom stereocenters. The number of non-ortho nitro benzene ring substituents is 1. The number of hydrogen-bond donors (Lipinski definition) is 1. The number of amides is 2. The second-order valence-corrected chi connectivity index (χ2v) is 8.95. The van der Waals surface area contributed by atoms with Gasteiger partial charge in [0.15, 0.2) is 0 Å². The van der Waals surface area contributed by atoms with Crippen LogP contribution in [0.4, 0.5) is 5.69 Å². The molecule has 2 aromatic carbocycles. The summed E-state index contributed by atoms with van der Waals surface area (Å²) in [6, 6.07) is 13.0. The molecule has 1 N–H and O–H groups in total. The van der Waals surface area contributed by atoms with Gasteiger partial charge in [0, 0.05) is 41.7 Å². The van der Waals surface area contributed by atoms with E-state index in [4.69, 9.17) is 0 Å². The van der Waals surface area contributed by atoms with Gasteiger partial charge in [-0.05, 0) is 23.1 Å². The molecule has 8 heteroatoms. The molecule has 1 saturated heterocycles. The van der Waals surface area contributed by atoms with Crippen LogP contribution in [0.3, 0.4) is 0 Å². The number of rotatable bonds is 4. The largest absolute Gasteiger partial charge is 0.356 e. The molecule has 3 aromatic rings. The Bertz CT molecular complexity index is 1250. The van der Waals surface area contributed by atoms with Crippen LogP contribution < -0.4 is 0 Å². The number of aromatic nitrogens is 1. The van der Waals surface area contributed by atoms with E-state index in [1.807, 2.05) is 38.1 Å². The van der Waals surface area contributed by atoms with Gasteiger partial charge in [-0.2, -0.15) is 0 Å². The van der Waals surface area contributed by atoms with E-state index in [1.165, 1.54) is 12.1 Å². The molecular weight excluding hydrogens is 408 g/mol. The zero-order chi connectivity index (χ0) is 22.6. The number of nitro groups is 1. The van der Waals surface area contributed by atoms with Gasteiger partial charge in [0.1, 0.15) is 6.04 Å². The summed E-state index contributed by atoms with van der Waals surface area (Å²) in [5.41, 5.74) is 3.31. The van der Waals surface area contributed by atoms with Crippen LogP contribution >= 0.6 is 0 Å². The van der Waals surface area contributed by atoms with Crippen LogP contribution in [0.5, 0.6) is 0 Å². The summed E-state index contributed by atoms with van der Waals surface area (Å²) in [6.45, 7) is 4.59. The van der Waals surface area contributed by atoms with Crippen molar-refractivity contribution in [3.8, 4) is 0 Å². The van der Waals surface area contributed by atoms with Crippen LogP contribution in [0.25, 0.3) is 10.9 Å². The highest BCUT2D eigenvalue weighted by Gasteiger charge is 2.48. The number of para-hydroxylation sites is 1. The molecule has 0 aliphatic carbocycles. The summed E-state index contributed by atoms with van der Waals surface area (Å²) < 4.78 is 0. The molecule has 0 spiro atoms. The van der Waals surface area contributed by atoms with Crippen LogP contribution in [-0.2, 0) is 16.0 Å². The fraction of sp³-hybridized carbons (Fsp3) is 0.333. The third-order valence-electron chi connectivity index (χ3n) is 6.32. The molecule has 0 bridgehead atoms. The van der Waals surface area contributed by atoms with Gasteiger partial charge >= 0.3 is 0 Å². The maximum Gasteiger partial charge on any atom is 0.269 e. The minimum atomic E-state index is -0.633. The van der Waals surface area contributed by atoms with E-state index >= 15 is 0 Å². The van der Waals surface area contributed by atoms with E-state index in [0.717, 1.165) is 22.2 Å². The molecule has 3 heterocycles. The second kappa shape index (κ2) is 7.47. The first-order valence-electron chi connectivity index (χ1n) is 10.8. The summed E-state index contributed by atoms with van der Waals surface area (Å²) >= 11 is 0. The SMILES string of the molecule is CC(C)CN1CC(=O)N2C(c3cccc([N+](=O)[O-])c3)c3[nH]c4ccccc4c3C[C@@H]2C1=O. The quantitative estimate of drug-likeness (QED) is 0.504. The minimum Gasteiger partial charge on any atom is -0.356 e. The molecular formula is C24H24N4O4. The predicted octanol–water partition coefficient (Wildman–Crippen LogP) is 3.42. The number of aromatic amines is 1. The Morgan fingerprint density at radius 2 is 1.94 bits per heavy atom. The van der Waals surface area contributed by atoms with Crippen molar-refractivity contribution < 1.29 is 14.5 Å². The maximum absolute atomic E-state index is 13.5. The molecule has 2 atom stereocenters. The number of H-pyrrole nitrogens is 1. The zero-order valence-electron chi connectivity index (χ0n) is 17.9. The molecule has 0 radical (unpaired) electrons. The highest BCUT2D eigenvalue weighted by atomic mass is 16.6. The van der Waals surface area contributed by atoms with Crippen molar-refractivity contribution in [2.45, 2.75) is 32.4 Å². The van der Waals surface area contributed by atoms with Gasteiger partial charge in [-0.3, -0.25) is 19.7 Å². The molecule has 1 aromatic heterocycles. The van der Waals surface area contributed by atoms with Crippen molar-refractivity contribution in [2.24, 2.45) is 5.92 Å². The Morgan fingerprint density at radius 3 is 2.69 bits per heavy atom. The molecule has 2 aliphatic rings. The van der Waals surface area contributed by atoms with Crippen molar-refractivity contribution in [2.75, 3.05) is 13.1 Å². The van der Waals surface area contributed by atoms with Gasteiger partial charge in [0.05, 0.1) is 17.5 Å². The lowest BCUT2D eigenvalue weighted by Gasteiger charge is -2.47. The lowest BCUT2D eigenvalue weighted by molar-refractivity contribution is -0.384. The van der Waals surface area contributed by atoms with E-state index in [9.17, 15) is 19.7 Å². The Balaban J connectivity index is 1.69.